The van der Waals surface area contributed by atoms with Crippen LogP contribution in [0.25, 0.3) is 0 Å². The number of ether oxygens (including phenoxy) is 1. The first-order chi connectivity index (χ1) is 6.38. The Morgan fingerprint density at radius 1 is 1.50 bits per heavy atom. The molecule has 0 radical (unpaired) electrons. The Balaban J connectivity index is 2.89. The average molecular weight is 226 g/mol. The van der Waals surface area contributed by atoms with E-state index in [0.29, 0.717) is 0 Å². The quantitative estimate of drug-likeness (QED) is 0.726. The van der Waals surface area contributed by atoms with Gasteiger partial charge in [0, 0.05) is 12.3 Å². The molecule has 7 heteroatoms. The van der Waals surface area contributed by atoms with Crippen LogP contribution in [0, 0.1) is 0 Å². The zero-order valence-electron chi connectivity index (χ0n) is 6.51. The standard InChI is InChI=1S/C7H3ClF3NO2/c8-6(13)5-3-4(1-2-12-5)14-7(9,10)11/h1-3H. The summed E-state index contributed by atoms with van der Waals surface area (Å²) in [6.07, 6.45) is -3.80. The van der Waals surface area contributed by atoms with Gasteiger partial charge in [-0.3, -0.25) is 9.78 Å². The highest BCUT2D eigenvalue weighted by Gasteiger charge is 2.31. The highest BCUT2D eigenvalue weighted by atomic mass is 35.5. The average Bonchev–Trinajstić information content (AvgIpc) is 2.01. The number of nitrogens with zero attached hydrogens (tertiary/aromatic N) is 1. The lowest BCUT2D eigenvalue weighted by Crippen LogP contribution is -2.17. The van der Waals surface area contributed by atoms with Gasteiger partial charge >= 0.3 is 6.36 Å². The number of alkyl halides is 3. The minimum Gasteiger partial charge on any atom is -0.406 e. The molecule has 0 N–H and O–H groups in total. The second-order valence-electron chi connectivity index (χ2n) is 2.20. The summed E-state index contributed by atoms with van der Waals surface area (Å²) in [6, 6.07) is 1.78. The molecule has 1 heterocycles. The van der Waals surface area contributed by atoms with Crippen molar-refractivity contribution in [1.82, 2.24) is 4.98 Å². The number of carbonyl (C=O) groups excluding carboxylic acids is 1. The summed E-state index contributed by atoms with van der Waals surface area (Å²) < 4.78 is 38.7. The van der Waals surface area contributed by atoms with Crippen LogP contribution in [0.3, 0.4) is 0 Å². The van der Waals surface area contributed by atoms with Gasteiger partial charge in [0.25, 0.3) is 5.24 Å². The van der Waals surface area contributed by atoms with E-state index in [9.17, 15) is 18.0 Å². The molecular formula is C7H3ClF3NO2. The summed E-state index contributed by atoms with van der Waals surface area (Å²) in [5, 5.41) is -0.947. The van der Waals surface area contributed by atoms with E-state index in [1.807, 2.05) is 0 Å². The zero-order valence-corrected chi connectivity index (χ0v) is 7.26. The first-order valence-corrected chi connectivity index (χ1v) is 3.68. The van der Waals surface area contributed by atoms with Gasteiger partial charge in [0.2, 0.25) is 0 Å². The third-order valence-electron chi connectivity index (χ3n) is 1.17. The maximum atomic E-state index is 11.7. The first kappa shape index (κ1) is 10.8. The Morgan fingerprint density at radius 3 is 2.64 bits per heavy atom. The summed E-state index contributed by atoms with van der Waals surface area (Å²) in [5.41, 5.74) is -0.298. The fourth-order valence-corrected chi connectivity index (χ4v) is 0.819. The number of pyridine rings is 1. The van der Waals surface area contributed by atoms with Gasteiger partial charge < -0.3 is 4.74 Å². The Kier molecular flexibility index (Phi) is 2.95. The van der Waals surface area contributed by atoms with Gasteiger partial charge in [0.15, 0.2) is 0 Å². The minimum atomic E-state index is -4.80. The SMILES string of the molecule is O=C(Cl)c1cc(OC(F)(F)F)ccn1. The molecule has 0 spiro atoms. The summed E-state index contributed by atoms with van der Waals surface area (Å²) >= 11 is 5.01. The Morgan fingerprint density at radius 2 is 2.14 bits per heavy atom. The molecule has 0 aliphatic carbocycles. The number of rotatable bonds is 2. The van der Waals surface area contributed by atoms with E-state index >= 15 is 0 Å². The maximum absolute atomic E-state index is 11.7. The Bertz CT molecular complexity index is 353. The van der Waals surface area contributed by atoms with Gasteiger partial charge in [0.05, 0.1) is 0 Å². The Hall–Kier alpha value is -1.30. The van der Waals surface area contributed by atoms with Crippen molar-refractivity contribution in [3.63, 3.8) is 0 Å². The lowest BCUT2D eigenvalue weighted by Gasteiger charge is -2.08. The van der Waals surface area contributed by atoms with E-state index in [2.05, 4.69) is 9.72 Å². The molecular weight excluding hydrogens is 223 g/mol. The molecule has 0 aliphatic rings. The van der Waals surface area contributed by atoms with Gasteiger partial charge in [-0.05, 0) is 17.7 Å². The normalized spacial score (nSPS) is 11.1. The fourth-order valence-electron chi connectivity index (χ4n) is 0.716. The molecule has 0 atom stereocenters. The van der Waals surface area contributed by atoms with Crippen molar-refractivity contribution in [1.29, 1.82) is 0 Å². The number of hydrogen-bond donors (Lipinski definition) is 0. The van der Waals surface area contributed by atoms with Crippen molar-refractivity contribution in [3.8, 4) is 5.75 Å². The van der Waals surface area contributed by atoms with Crippen LogP contribution in [0.4, 0.5) is 13.2 Å². The molecule has 0 bridgehead atoms. The van der Waals surface area contributed by atoms with E-state index in [1.54, 1.807) is 0 Å². The monoisotopic (exact) mass is 225 g/mol. The molecule has 3 nitrogen and oxygen atoms in total. The van der Waals surface area contributed by atoms with Crippen LogP contribution in [0.15, 0.2) is 18.3 Å². The van der Waals surface area contributed by atoms with Gasteiger partial charge in [-0.15, -0.1) is 13.2 Å². The second-order valence-corrected chi connectivity index (χ2v) is 2.54. The van der Waals surface area contributed by atoms with Crippen molar-refractivity contribution in [2.45, 2.75) is 6.36 Å². The van der Waals surface area contributed by atoms with E-state index < -0.39 is 17.4 Å². The lowest BCUT2D eigenvalue weighted by atomic mass is 10.3. The van der Waals surface area contributed by atoms with Crippen LogP contribution in [0.1, 0.15) is 10.5 Å². The smallest absolute Gasteiger partial charge is 0.406 e. The largest absolute Gasteiger partial charge is 0.573 e. The van der Waals surface area contributed by atoms with E-state index in [4.69, 9.17) is 11.6 Å². The molecule has 76 valence electrons. The number of aromatic nitrogens is 1. The molecule has 0 saturated carbocycles. The maximum Gasteiger partial charge on any atom is 0.573 e. The third-order valence-corrected chi connectivity index (χ3v) is 1.36. The molecule has 1 aromatic heterocycles. The summed E-state index contributed by atoms with van der Waals surface area (Å²) in [4.78, 5) is 14.0. The zero-order chi connectivity index (χ0) is 10.8. The highest BCUT2D eigenvalue weighted by Crippen LogP contribution is 2.22. The number of halogens is 4. The second kappa shape index (κ2) is 3.83. The van der Waals surface area contributed by atoms with E-state index in [-0.39, 0.29) is 5.69 Å². The lowest BCUT2D eigenvalue weighted by molar-refractivity contribution is -0.274. The predicted molar refractivity (Wildman–Crippen MR) is 41.1 cm³/mol. The first-order valence-electron chi connectivity index (χ1n) is 3.30. The molecule has 14 heavy (non-hydrogen) atoms. The highest BCUT2D eigenvalue weighted by molar-refractivity contribution is 6.67. The van der Waals surface area contributed by atoms with Crippen molar-refractivity contribution in [2.75, 3.05) is 0 Å². The third kappa shape index (κ3) is 3.21. The molecule has 0 fully saturated rings. The van der Waals surface area contributed by atoms with Gasteiger partial charge in [-0.1, -0.05) is 0 Å². The molecule has 0 saturated heterocycles. The molecule has 1 rings (SSSR count). The van der Waals surface area contributed by atoms with Crippen molar-refractivity contribution < 1.29 is 22.7 Å². The van der Waals surface area contributed by atoms with E-state index in [0.717, 1.165) is 18.3 Å². The molecule has 1 aromatic rings. The van der Waals surface area contributed by atoms with Crippen LogP contribution >= 0.6 is 11.6 Å². The number of carbonyl (C=O) groups is 1. The topological polar surface area (TPSA) is 39.2 Å². The summed E-state index contributed by atoms with van der Waals surface area (Å²) in [7, 11) is 0. The van der Waals surface area contributed by atoms with Crippen LogP contribution in [-0.2, 0) is 0 Å². The molecule has 0 aromatic carbocycles. The summed E-state index contributed by atoms with van der Waals surface area (Å²) in [5.74, 6) is -0.531. The number of hydrogen-bond acceptors (Lipinski definition) is 3. The van der Waals surface area contributed by atoms with Crippen molar-refractivity contribution >= 4 is 16.8 Å². The summed E-state index contributed by atoms with van der Waals surface area (Å²) in [6.45, 7) is 0. The van der Waals surface area contributed by atoms with Gasteiger partial charge in [-0.2, -0.15) is 0 Å². The van der Waals surface area contributed by atoms with Gasteiger partial charge in [0.1, 0.15) is 11.4 Å². The van der Waals surface area contributed by atoms with Crippen molar-refractivity contribution in [3.05, 3.63) is 24.0 Å². The van der Waals surface area contributed by atoms with Crippen LogP contribution in [0.2, 0.25) is 0 Å². The molecule has 0 unspecified atom stereocenters. The molecule has 0 aliphatic heterocycles. The van der Waals surface area contributed by atoms with Crippen LogP contribution in [-0.4, -0.2) is 16.6 Å². The minimum absolute atomic E-state index is 0.298. The molecule has 0 amide bonds. The van der Waals surface area contributed by atoms with Crippen molar-refractivity contribution in [2.24, 2.45) is 0 Å². The fraction of sp³-hybridized carbons (Fsp3) is 0.143. The van der Waals surface area contributed by atoms with E-state index in [1.165, 1.54) is 0 Å². The van der Waals surface area contributed by atoms with Crippen LogP contribution in [0.5, 0.6) is 5.75 Å². The van der Waals surface area contributed by atoms with Gasteiger partial charge in [-0.25, -0.2) is 0 Å². The predicted octanol–water partition coefficient (Wildman–Crippen LogP) is 2.36. The van der Waals surface area contributed by atoms with Crippen LogP contribution < -0.4 is 4.74 Å². The Labute approximate surface area is 81.5 Å².